The third-order valence-electron chi connectivity index (χ3n) is 3.16. The van der Waals surface area contributed by atoms with Crippen molar-refractivity contribution in [1.29, 1.82) is 0 Å². The van der Waals surface area contributed by atoms with Gasteiger partial charge in [0.2, 0.25) is 0 Å². The van der Waals surface area contributed by atoms with Gasteiger partial charge in [-0.15, -0.1) is 12.4 Å². The molecule has 1 aliphatic rings. The van der Waals surface area contributed by atoms with Crippen molar-refractivity contribution in [1.82, 2.24) is 10.2 Å². The lowest BCUT2D eigenvalue weighted by Crippen LogP contribution is -2.44. The smallest absolute Gasteiger partial charge is 0.132 e. The Morgan fingerprint density at radius 3 is 2.22 bits per heavy atom. The van der Waals surface area contributed by atoms with Crippen molar-refractivity contribution < 1.29 is 8.78 Å². The number of nitrogens with zero attached hydrogens (tertiary/aromatic N) is 1. The molecule has 0 spiro atoms. The fourth-order valence-corrected chi connectivity index (χ4v) is 2.61. The van der Waals surface area contributed by atoms with Crippen LogP contribution in [0.3, 0.4) is 0 Å². The highest BCUT2D eigenvalue weighted by molar-refractivity contribution is 9.10. The van der Waals surface area contributed by atoms with Crippen molar-refractivity contribution in [3.8, 4) is 0 Å². The highest BCUT2D eigenvalue weighted by Crippen LogP contribution is 2.28. The molecule has 1 fully saturated rings. The lowest BCUT2D eigenvalue weighted by molar-refractivity contribution is 0.179. The van der Waals surface area contributed by atoms with Crippen LogP contribution in [0.4, 0.5) is 8.78 Å². The largest absolute Gasteiger partial charge is 0.314 e. The summed E-state index contributed by atoms with van der Waals surface area (Å²) in [5, 5.41) is 3.22. The summed E-state index contributed by atoms with van der Waals surface area (Å²) < 4.78 is 28.0. The zero-order chi connectivity index (χ0) is 12.4. The fraction of sp³-hybridized carbons (Fsp3) is 0.500. The van der Waals surface area contributed by atoms with E-state index in [2.05, 4.69) is 26.1 Å². The average molecular weight is 342 g/mol. The number of nitrogens with one attached hydrogen (secondary N) is 1. The Morgan fingerprint density at radius 1 is 1.22 bits per heavy atom. The minimum Gasteiger partial charge on any atom is -0.314 e. The van der Waals surface area contributed by atoms with E-state index in [9.17, 15) is 8.78 Å². The minimum atomic E-state index is -0.483. The summed E-state index contributed by atoms with van der Waals surface area (Å²) in [4.78, 5) is 2.09. The Kier molecular flexibility index (Phi) is 5.98. The molecule has 1 N–H and O–H groups in total. The predicted molar refractivity (Wildman–Crippen MR) is 74.2 cm³/mol. The number of piperazine rings is 1. The summed E-state index contributed by atoms with van der Waals surface area (Å²) in [7, 11) is 0. The molecule has 0 radical (unpaired) electrons. The molecule has 102 valence electrons. The van der Waals surface area contributed by atoms with Crippen molar-refractivity contribution in [2.24, 2.45) is 0 Å². The van der Waals surface area contributed by atoms with Crippen molar-refractivity contribution in [3.05, 3.63) is 33.8 Å². The molecule has 1 aromatic carbocycles. The first-order chi connectivity index (χ1) is 8.09. The van der Waals surface area contributed by atoms with Gasteiger partial charge in [0.15, 0.2) is 0 Å². The molecule has 2 nitrogen and oxygen atoms in total. The van der Waals surface area contributed by atoms with E-state index < -0.39 is 11.6 Å². The van der Waals surface area contributed by atoms with E-state index in [4.69, 9.17) is 0 Å². The third kappa shape index (κ3) is 3.41. The zero-order valence-corrected chi connectivity index (χ0v) is 12.5. The van der Waals surface area contributed by atoms with Gasteiger partial charge in [-0.05, 0) is 19.1 Å². The molecule has 0 aromatic heterocycles. The van der Waals surface area contributed by atoms with Crippen molar-refractivity contribution >= 4 is 28.3 Å². The first-order valence-electron chi connectivity index (χ1n) is 5.69. The maximum atomic E-state index is 13.8. The molecule has 1 aliphatic heterocycles. The van der Waals surface area contributed by atoms with Crippen LogP contribution in [-0.4, -0.2) is 31.1 Å². The minimum absolute atomic E-state index is 0. The maximum Gasteiger partial charge on any atom is 0.132 e. The predicted octanol–water partition coefficient (Wildman–Crippen LogP) is 3.12. The molecule has 1 atom stereocenters. The molecular formula is C12H16BrClF2N2. The number of halogens is 4. The van der Waals surface area contributed by atoms with Gasteiger partial charge in [0.1, 0.15) is 11.6 Å². The lowest BCUT2D eigenvalue weighted by Gasteiger charge is -2.33. The Labute approximate surface area is 120 Å². The summed E-state index contributed by atoms with van der Waals surface area (Å²) in [6.45, 7) is 5.21. The second kappa shape index (κ2) is 6.80. The molecule has 1 saturated heterocycles. The summed E-state index contributed by atoms with van der Waals surface area (Å²) in [5.41, 5.74) is 0.162. The first kappa shape index (κ1) is 15.8. The lowest BCUT2D eigenvalue weighted by atomic mass is 10.0. The van der Waals surface area contributed by atoms with Gasteiger partial charge in [-0.3, -0.25) is 4.90 Å². The number of benzene rings is 1. The van der Waals surface area contributed by atoms with Crippen LogP contribution in [0.25, 0.3) is 0 Å². The van der Waals surface area contributed by atoms with E-state index in [1.165, 1.54) is 12.1 Å². The van der Waals surface area contributed by atoms with Crippen LogP contribution in [0.15, 0.2) is 16.6 Å². The molecule has 6 heteroatoms. The van der Waals surface area contributed by atoms with Gasteiger partial charge in [0.05, 0.1) is 0 Å². The van der Waals surface area contributed by atoms with Gasteiger partial charge < -0.3 is 5.32 Å². The monoisotopic (exact) mass is 340 g/mol. The van der Waals surface area contributed by atoms with E-state index in [1.54, 1.807) is 0 Å². The van der Waals surface area contributed by atoms with Gasteiger partial charge in [0, 0.05) is 42.3 Å². The van der Waals surface area contributed by atoms with Gasteiger partial charge in [-0.1, -0.05) is 15.9 Å². The van der Waals surface area contributed by atoms with Crippen LogP contribution < -0.4 is 5.32 Å². The third-order valence-corrected chi connectivity index (χ3v) is 3.62. The van der Waals surface area contributed by atoms with Gasteiger partial charge in [-0.2, -0.15) is 0 Å². The number of rotatable bonds is 2. The molecule has 0 saturated carbocycles. The van der Waals surface area contributed by atoms with Crippen molar-refractivity contribution in [2.75, 3.05) is 26.2 Å². The summed E-state index contributed by atoms with van der Waals surface area (Å²) in [6.07, 6.45) is 0. The molecule has 0 bridgehead atoms. The van der Waals surface area contributed by atoms with E-state index in [0.29, 0.717) is 4.47 Å². The molecule has 0 aliphatic carbocycles. The van der Waals surface area contributed by atoms with Crippen LogP contribution in [0.2, 0.25) is 0 Å². The molecule has 1 heterocycles. The Bertz CT molecular complexity index is 388. The highest BCUT2D eigenvalue weighted by atomic mass is 79.9. The van der Waals surface area contributed by atoms with Crippen LogP contribution in [0.5, 0.6) is 0 Å². The average Bonchev–Trinajstić information content (AvgIpc) is 2.28. The van der Waals surface area contributed by atoms with Crippen LogP contribution in [0, 0.1) is 11.6 Å². The number of hydrogen-bond acceptors (Lipinski definition) is 2. The normalized spacial score (nSPS) is 18.2. The Morgan fingerprint density at radius 2 is 1.72 bits per heavy atom. The molecule has 18 heavy (non-hydrogen) atoms. The second-order valence-corrected chi connectivity index (χ2v) is 5.16. The van der Waals surface area contributed by atoms with Gasteiger partial charge in [0.25, 0.3) is 0 Å². The Balaban J connectivity index is 0.00000162. The zero-order valence-electron chi connectivity index (χ0n) is 10.0. The van der Waals surface area contributed by atoms with E-state index >= 15 is 0 Å². The van der Waals surface area contributed by atoms with E-state index in [0.717, 1.165) is 26.2 Å². The van der Waals surface area contributed by atoms with E-state index in [1.807, 2.05) is 6.92 Å². The molecule has 0 unspecified atom stereocenters. The molecule has 0 amide bonds. The SMILES string of the molecule is C[C@H](c1c(F)cc(Br)cc1F)N1CCNCC1.Cl. The van der Waals surface area contributed by atoms with Gasteiger partial charge in [-0.25, -0.2) is 8.78 Å². The topological polar surface area (TPSA) is 15.3 Å². The maximum absolute atomic E-state index is 13.8. The van der Waals surface area contributed by atoms with Crippen LogP contribution in [0.1, 0.15) is 18.5 Å². The summed E-state index contributed by atoms with van der Waals surface area (Å²) in [6, 6.07) is 2.40. The summed E-state index contributed by atoms with van der Waals surface area (Å²) >= 11 is 3.09. The van der Waals surface area contributed by atoms with Gasteiger partial charge >= 0.3 is 0 Å². The van der Waals surface area contributed by atoms with Crippen LogP contribution >= 0.6 is 28.3 Å². The molecule has 2 rings (SSSR count). The van der Waals surface area contributed by atoms with E-state index in [-0.39, 0.29) is 24.0 Å². The highest BCUT2D eigenvalue weighted by Gasteiger charge is 2.23. The molecule has 1 aromatic rings. The quantitative estimate of drug-likeness (QED) is 0.889. The number of hydrogen-bond donors (Lipinski definition) is 1. The Hall–Kier alpha value is -0.230. The first-order valence-corrected chi connectivity index (χ1v) is 6.48. The standard InChI is InChI=1S/C12H15BrF2N2.ClH/c1-8(17-4-2-16-3-5-17)12-10(14)6-9(13)7-11(12)15;/h6-8,16H,2-5H2,1H3;1H/t8-;/m1./s1. The second-order valence-electron chi connectivity index (χ2n) is 4.25. The van der Waals surface area contributed by atoms with Crippen molar-refractivity contribution in [3.63, 3.8) is 0 Å². The fourth-order valence-electron chi connectivity index (χ4n) is 2.20. The van der Waals surface area contributed by atoms with Crippen molar-refractivity contribution in [2.45, 2.75) is 13.0 Å². The summed E-state index contributed by atoms with van der Waals surface area (Å²) in [5.74, 6) is -0.967. The molecular weight excluding hydrogens is 325 g/mol. The van der Waals surface area contributed by atoms with Crippen LogP contribution in [-0.2, 0) is 0 Å².